The molecule has 0 aliphatic carbocycles. The van der Waals surface area contributed by atoms with Crippen molar-refractivity contribution in [1.82, 2.24) is 41.0 Å². The zero-order valence-corrected chi connectivity index (χ0v) is 18.5. The van der Waals surface area contributed by atoms with Crippen LogP contribution in [0.15, 0.2) is 20.9 Å². The lowest BCUT2D eigenvalue weighted by atomic mass is 10.0. The van der Waals surface area contributed by atoms with Crippen LogP contribution in [0.3, 0.4) is 0 Å². The summed E-state index contributed by atoms with van der Waals surface area (Å²) in [5.41, 5.74) is 0.497. The first-order valence-corrected chi connectivity index (χ1v) is 11.2. The van der Waals surface area contributed by atoms with Crippen molar-refractivity contribution in [1.29, 1.82) is 0 Å². The SMILES string of the molecule is COCc1noc(CC(=O)NC2C(=O)N3C(C(=O)O)=C(C(C)Sc4nn[nH]n4)CS[C@@H]23)n1. The third kappa shape index (κ3) is 4.33. The quantitative estimate of drug-likeness (QED) is 0.297. The van der Waals surface area contributed by atoms with Gasteiger partial charge in [-0.25, -0.2) is 4.79 Å². The predicted octanol–water partition coefficient (Wildman–Crippen LogP) is -0.809. The summed E-state index contributed by atoms with van der Waals surface area (Å²) < 4.78 is 9.87. The number of β-lactam (4-membered cyclic amide) rings is 1. The zero-order valence-electron chi connectivity index (χ0n) is 16.8. The number of nitrogens with one attached hydrogen (secondary N) is 2. The molecule has 0 spiro atoms. The van der Waals surface area contributed by atoms with Crippen molar-refractivity contribution in [3.05, 3.63) is 23.0 Å². The second-order valence-electron chi connectivity index (χ2n) is 6.80. The molecular weight excluding hydrogens is 464 g/mol. The van der Waals surface area contributed by atoms with E-state index in [2.05, 4.69) is 36.1 Å². The van der Waals surface area contributed by atoms with Crippen LogP contribution in [0.2, 0.25) is 0 Å². The molecule has 14 nitrogen and oxygen atoms in total. The molecule has 2 aromatic rings. The Bertz CT molecular complexity index is 1060. The van der Waals surface area contributed by atoms with E-state index in [0.29, 0.717) is 22.3 Å². The first-order valence-electron chi connectivity index (χ1n) is 9.30. The number of carbonyl (C=O) groups excluding carboxylic acids is 2. The molecule has 3 atom stereocenters. The Morgan fingerprint density at radius 1 is 1.50 bits per heavy atom. The fraction of sp³-hybridized carbons (Fsp3) is 0.500. The highest BCUT2D eigenvalue weighted by Gasteiger charge is 2.54. The number of H-pyrrole nitrogens is 1. The highest BCUT2D eigenvalue weighted by atomic mass is 32.2. The van der Waals surface area contributed by atoms with Gasteiger partial charge in [0.2, 0.25) is 17.0 Å². The topological polar surface area (TPSA) is 189 Å². The summed E-state index contributed by atoms with van der Waals surface area (Å²) >= 11 is 2.61. The molecule has 0 aromatic carbocycles. The van der Waals surface area contributed by atoms with E-state index >= 15 is 0 Å². The minimum atomic E-state index is -1.21. The summed E-state index contributed by atoms with van der Waals surface area (Å²) in [7, 11) is 1.48. The number of rotatable bonds is 9. The van der Waals surface area contributed by atoms with Gasteiger partial charge in [0.05, 0.1) is 0 Å². The molecule has 4 heterocycles. The van der Waals surface area contributed by atoms with Crippen LogP contribution < -0.4 is 5.32 Å². The Morgan fingerprint density at radius 2 is 2.31 bits per heavy atom. The van der Waals surface area contributed by atoms with Crippen LogP contribution in [0, 0.1) is 0 Å². The van der Waals surface area contributed by atoms with E-state index in [1.54, 1.807) is 0 Å². The fourth-order valence-corrected chi connectivity index (χ4v) is 5.71. The summed E-state index contributed by atoms with van der Waals surface area (Å²) in [4.78, 5) is 42.3. The lowest BCUT2D eigenvalue weighted by Gasteiger charge is -2.50. The van der Waals surface area contributed by atoms with Crippen molar-refractivity contribution in [3.8, 4) is 0 Å². The average molecular weight is 483 g/mol. The van der Waals surface area contributed by atoms with Gasteiger partial charge in [0, 0.05) is 18.1 Å². The number of thioether (sulfide) groups is 2. The molecule has 32 heavy (non-hydrogen) atoms. The van der Waals surface area contributed by atoms with Crippen molar-refractivity contribution < 1.29 is 28.8 Å². The van der Waals surface area contributed by atoms with Gasteiger partial charge in [0.15, 0.2) is 5.82 Å². The zero-order chi connectivity index (χ0) is 22.8. The van der Waals surface area contributed by atoms with Crippen molar-refractivity contribution in [2.75, 3.05) is 12.9 Å². The minimum Gasteiger partial charge on any atom is -0.477 e. The maximum absolute atomic E-state index is 12.8. The lowest BCUT2D eigenvalue weighted by molar-refractivity contribution is -0.150. The summed E-state index contributed by atoms with van der Waals surface area (Å²) in [6.45, 7) is 1.96. The minimum absolute atomic E-state index is 0.0751. The number of amides is 2. The third-order valence-electron chi connectivity index (χ3n) is 4.71. The molecule has 170 valence electrons. The summed E-state index contributed by atoms with van der Waals surface area (Å²) in [5.74, 6) is -1.41. The monoisotopic (exact) mass is 482 g/mol. The van der Waals surface area contributed by atoms with Gasteiger partial charge in [-0.05, 0) is 17.7 Å². The normalized spacial score (nSPS) is 21.2. The van der Waals surface area contributed by atoms with Crippen molar-refractivity contribution >= 4 is 41.3 Å². The highest BCUT2D eigenvalue weighted by Crippen LogP contribution is 2.43. The third-order valence-corrected chi connectivity index (χ3v) is 7.04. The molecule has 2 unspecified atom stereocenters. The van der Waals surface area contributed by atoms with Crippen LogP contribution >= 0.6 is 23.5 Å². The van der Waals surface area contributed by atoms with Crippen molar-refractivity contribution in [2.45, 2.75) is 41.8 Å². The molecule has 2 aliphatic rings. The van der Waals surface area contributed by atoms with Crippen molar-refractivity contribution in [2.24, 2.45) is 0 Å². The predicted molar refractivity (Wildman–Crippen MR) is 108 cm³/mol. The second kappa shape index (κ2) is 9.25. The number of aromatic amines is 1. The molecule has 2 aromatic heterocycles. The average Bonchev–Trinajstić information content (AvgIpc) is 3.43. The van der Waals surface area contributed by atoms with E-state index in [-0.39, 0.29) is 29.9 Å². The maximum atomic E-state index is 12.8. The number of nitrogens with zero attached hydrogens (tertiary/aromatic N) is 6. The molecule has 2 amide bonds. The summed E-state index contributed by atoms with van der Waals surface area (Å²) in [6.07, 6.45) is -0.205. The Hall–Kier alpha value is -2.98. The van der Waals surface area contributed by atoms with Gasteiger partial charge in [0.25, 0.3) is 5.91 Å². The first kappa shape index (κ1) is 22.2. The largest absolute Gasteiger partial charge is 0.477 e. The van der Waals surface area contributed by atoms with E-state index in [9.17, 15) is 19.5 Å². The van der Waals surface area contributed by atoms with Crippen LogP contribution in [-0.2, 0) is 32.1 Å². The van der Waals surface area contributed by atoms with E-state index in [1.807, 2.05) is 6.92 Å². The fourth-order valence-electron chi connectivity index (χ4n) is 3.30. The summed E-state index contributed by atoms with van der Waals surface area (Å²) in [6, 6.07) is -0.843. The number of methoxy groups -OCH3 is 1. The van der Waals surface area contributed by atoms with Gasteiger partial charge in [-0.3, -0.25) is 14.5 Å². The molecule has 0 saturated carbocycles. The molecule has 2 aliphatic heterocycles. The van der Waals surface area contributed by atoms with Crippen LogP contribution in [-0.4, -0.2) is 88.1 Å². The second-order valence-corrected chi connectivity index (χ2v) is 9.22. The van der Waals surface area contributed by atoms with Crippen molar-refractivity contribution in [3.63, 3.8) is 0 Å². The van der Waals surface area contributed by atoms with Crippen LogP contribution in [0.25, 0.3) is 0 Å². The Labute approximate surface area is 188 Å². The number of fused-ring (bicyclic) bond motifs is 1. The maximum Gasteiger partial charge on any atom is 0.352 e. The number of hydrogen-bond donors (Lipinski definition) is 3. The Balaban J connectivity index is 1.43. The molecule has 1 fully saturated rings. The number of tetrazole rings is 1. The number of carboxylic acid groups (broad SMARTS) is 1. The number of aliphatic carboxylic acids is 1. The van der Waals surface area contributed by atoms with E-state index in [0.717, 1.165) is 0 Å². The molecule has 1 saturated heterocycles. The van der Waals surface area contributed by atoms with E-state index in [1.165, 1.54) is 35.5 Å². The highest BCUT2D eigenvalue weighted by molar-refractivity contribution is 8.01. The molecule has 4 rings (SSSR count). The van der Waals surface area contributed by atoms with Gasteiger partial charge in [-0.15, -0.1) is 22.0 Å². The molecular formula is C16H18N8O6S2. The standard InChI is InChI=1S/C16H18N8O6S2/c1-6(32-16-19-22-23-20-16)7-5-31-14-11(13(26)24(14)12(7)15(27)28)18-9(25)3-10-17-8(4-29-2)21-30-10/h6,11,14H,3-5H2,1-2H3,(H,18,25)(H,27,28)(H,19,20,22,23)/t6?,11?,14-/m0/s1. The van der Waals surface area contributed by atoms with Crippen LogP contribution in [0.1, 0.15) is 18.6 Å². The molecule has 3 N–H and O–H groups in total. The molecule has 0 radical (unpaired) electrons. The Kier molecular flexibility index (Phi) is 6.43. The number of ether oxygens (including phenoxy) is 1. The van der Waals surface area contributed by atoms with Gasteiger partial charge < -0.3 is 19.7 Å². The van der Waals surface area contributed by atoms with Gasteiger partial charge in [0.1, 0.15) is 30.1 Å². The van der Waals surface area contributed by atoms with Gasteiger partial charge in [-0.2, -0.15) is 10.2 Å². The number of hydrogen-bond acceptors (Lipinski definition) is 12. The lowest BCUT2D eigenvalue weighted by Crippen LogP contribution is -2.70. The van der Waals surface area contributed by atoms with E-state index < -0.39 is 29.2 Å². The number of aromatic nitrogens is 6. The first-order chi connectivity index (χ1) is 15.4. The van der Waals surface area contributed by atoms with Crippen LogP contribution in [0.4, 0.5) is 0 Å². The summed E-state index contributed by atoms with van der Waals surface area (Å²) in [5, 5.41) is 29.2. The van der Waals surface area contributed by atoms with E-state index in [4.69, 9.17) is 9.26 Å². The molecule has 16 heteroatoms. The number of carboxylic acids is 1. The molecule has 0 bridgehead atoms. The Morgan fingerprint density at radius 3 is 3.00 bits per heavy atom. The smallest absolute Gasteiger partial charge is 0.352 e. The van der Waals surface area contributed by atoms with Gasteiger partial charge >= 0.3 is 5.97 Å². The number of carbonyl (C=O) groups is 3. The van der Waals surface area contributed by atoms with Crippen LogP contribution in [0.5, 0.6) is 0 Å². The van der Waals surface area contributed by atoms with Gasteiger partial charge in [-0.1, -0.05) is 16.9 Å².